The van der Waals surface area contributed by atoms with Gasteiger partial charge in [-0.05, 0) is 31.2 Å². The normalized spacial score (nSPS) is 10.7. The van der Waals surface area contributed by atoms with E-state index in [0.717, 1.165) is 12.1 Å². The van der Waals surface area contributed by atoms with Crippen LogP contribution in [0.4, 0.5) is 11.4 Å². The number of fused-ring (bicyclic) bond motifs is 1. The molecule has 1 heterocycles. The summed E-state index contributed by atoms with van der Waals surface area (Å²) in [5.41, 5.74) is -0.142. The maximum absolute atomic E-state index is 12.3. The molecule has 0 saturated carbocycles. The maximum atomic E-state index is 12.3. The topological polar surface area (TPSA) is 118 Å². The average Bonchev–Trinajstić information content (AvgIpc) is 2.99. The quantitative estimate of drug-likeness (QED) is 0.365. The lowest BCUT2D eigenvalue weighted by Gasteiger charge is -2.06. The Balaban J connectivity index is 2.30. The first-order valence-corrected chi connectivity index (χ1v) is 8.12. The highest BCUT2D eigenvalue weighted by atomic mass is 35.5. The molecule has 138 valence electrons. The lowest BCUT2D eigenvalue weighted by molar-refractivity contribution is -0.394. The number of ether oxygens (including phenoxy) is 1. The van der Waals surface area contributed by atoms with Gasteiger partial charge in [-0.3, -0.25) is 20.2 Å². The van der Waals surface area contributed by atoms with E-state index in [-0.39, 0.29) is 17.9 Å². The Morgan fingerprint density at radius 3 is 2.52 bits per heavy atom. The zero-order chi connectivity index (χ0) is 19.7. The molecule has 0 radical (unpaired) electrons. The van der Waals surface area contributed by atoms with Crippen LogP contribution in [0.1, 0.15) is 17.3 Å². The van der Waals surface area contributed by atoms with E-state index in [2.05, 4.69) is 0 Å². The zero-order valence-electron chi connectivity index (χ0n) is 13.9. The van der Waals surface area contributed by atoms with E-state index < -0.39 is 27.2 Å². The molecule has 0 saturated heterocycles. The van der Waals surface area contributed by atoms with Gasteiger partial charge in [0.15, 0.2) is 0 Å². The van der Waals surface area contributed by atoms with Crippen molar-refractivity contribution in [2.45, 2.75) is 6.92 Å². The van der Waals surface area contributed by atoms with Gasteiger partial charge >= 0.3 is 5.97 Å². The number of aromatic nitrogens is 1. The number of esters is 1. The number of hydrogen-bond acceptors (Lipinski definition) is 6. The molecule has 0 aliphatic rings. The van der Waals surface area contributed by atoms with Crippen molar-refractivity contribution in [3.8, 4) is 5.69 Å². The monoisotopic (exact) mass is 389 g/mol. The number of non-ortho nitro benzene ring substituents is 1. The summed E-state index contributed by atoms with van der Waals surface area (Å²) >= 11 is 6.02. The lowest BCUT2D eigenvalue weighted by atomic mass is 10.2. The fraction of sp³-hybridized carbons (Fsp3) is 0.118. The number of carbonyl (C=O) groups is 1. The molecule has 27 heavy (non-hydrogen) atoms. The molecule has 0 aliphatic heterocycles. The van der Waals surface area contributed by atoms with Gasteiger partial charge in [-0.1, -0.05) is 11.6 Å². The summed E-state index contributed by atoms with van der Waals surface area (Å²) in [6, 6.07) is 8.03. The molecule has 0 atom stereocenters. The summed E-state index contributed by atoms with van der Waals surface area (Å²) < 4.78 is 6.45. The van der Waals surface area contributed by atoms with Gasteiger partial charge in [0.05, 0.1) is 33.6 Å². The highest BCUT2D eigenvalue weighted by molar-refractivity contribution is 6.31. The van der Waals surface area contributed by atoms with Crippen molar-refractivity contribution >= 4 is 39.8 Å². The number of rotatable bonds is 5. The van der Waals surface area contributed by atoms with E-state index in [9.17, 15) is 25.0 Å². The standard InChI is InChI=1S/C17H12ClN3O6/c1-2-27-17(22)13-9-19(14-5-3-10(18)7-12(13)14)15-6-4-11(20(23)24)8-16(15)21(25)26/h3-9H,2H2,1H3. The van der Waals surface area contributed by atoms with E-state index >= 15 is 0 Å². The number of halogens is 1. The smallest absolute Gasteiger partial charge is 0.340 e. The first-order chi connectivity index (χ1) is 12.8. The Bertz CT molecular complexity index is 1090. The molecule has 0 bridgehead atoms. The van der Waals surface area contributed by atoms with Gasteiger partial charge in [-0.25, -0.2) is 4.79 Å². The summed E-state index contributed by atoms with van der Waals surface area (Å²) in [6.45, 7) is 1.81. The number of carbonyl (C=O) groups excluding carboxylic acids is 1. The molecule has 10 heteroatoms. The number of benzene rings is 2. The molecular weight excluding hydrogens is 378 g/mol. The Morgan fingerprint density at radius 2 is 1.89 bits per heavy atom. The summed E-state index contributed by atoms with van der Waals surface area (Å²) in [4.78, 5) is 33.2. The van der Waals surface area contributed by atoms with Crippen LogP contribution in [0.25, 0.3) is 16.6 Å². The van der Waals surface area contributed by atoms with E-state index in [4.69, 9.17) is 16.3 Å². The minimum Gasteiger partial charge on any atom is -0.462 e. The highest BCUT2D eigenvalue weighted by Crippen LogP contribution is 2.33. The summed E-state index contributed by atoms with van der Waals surface area (Å²) in [5.74, 6) is -0.604. The molecule has 3 aromatic rings. The van der Waals surface area contributed by atoms with Crippen molar-refractivity contribution in [2.24, 2.45) is 0 Å². The third kappa shape index (κ3) is 3.32. The highest BCUT2D eigenvalue weighted by Gasteiger charge is 2.24. The SMILES string of the molecule is CCOC(=O)c1cn(-c2ccc([N+](=O)[O-])cc2[N+](=O)[O-])c2ccc(Cl)cc12. The van der Waals surface area contributed by atoms with Crippen molar-refractivity contribution < 1.29 is 19.4 Å². The maximum Gasteiger partial charge on any atom is 0.340 e. The van der Waals surface area contributed by atoms with Gasteiger partial charge in [-0.15, -0.1) is 0 Å². The fourth-order valence-corrected chi connectivity index (χ4v) is 2.92. The first-order valence-electron chi connectivity index (χ1n) is 7.74. The van der Waals surface area contributed by atoms with Crippen molar-refractivity contribution in [3.63, 3.8) is 0 Å². The van der Waals surface area contributed by atoms with Gasteiger partial charge in [0.1, 0.15) is 5.69 Å². The van der Waals surface area contributed by atoms with E-state index in [0.29, 0.717) is 15.9 Å². The molecular formula is C17H12ClN3O6. The van der Waals surface area contributed by atoms with Crippen molar-refractivity contribution in [2.75, 3.05) is 6.61 Å². The molecule has 0 unspecified atom stereocenters. The number of nitro groups is 2. The second-order valence-corrected chi connectivity index (χ2v) is 5.92. The van der Waals surface area contributed by atoms with Crippen LogP contribution in [-0.4, -0.2) is 27.0 Å². The van der Waals surface area contributed by atoms with Crippen LogP contribution < -0.4 is 0 Å². The second-order valence-electron chi connectivity index (χ2n) is 5.48. The Kier molecular flexibility index (Phi) is 4.78. The minimum absolute atomic E-state index is 0.0773. The summed E-state index contributed by atoms with van der Waals surface area (Å²) in [6.07, 6.45) is 1.40. The molecule has 1 aromatic heterocycles. The molecule has 3 rings (SSSR count). The van der Waals surface area contributed by atoms with Crippen LogP contribution in [0, 0.1) is 20.2 Å². The van der Waals surface area contributed by atoms with Crippen LogP contribution in [0.15, 0.2) is 42.6 Å². The third-order valence-electron chi connectivity index (χ3n) is 3.89. The van der Waals surface area contributed by atoms with Gasteiger partial charge in [0.2, 0.25) is 0 Å². The van der Waals surface area contributed by atoms with Gasteiger partial charge in [-0.2, -0.15) is 0 Å². The average molecular weight is 390 g/mol. The van der Waals surface area contributed by atoms with Gasteiger partial charge < -0.3 is 9.30 Å². The van der Waals surface area contributed by atoms with Crippen LogP contribution in [0.2, 0.25) is 5.02 Å². The van der Waals surface area contributed by atoms with Gasteiger partial charge in [0.25, 0.3) is 11.4 Å². The Morgan fingerprint density at radius 1 is 1.15 bits per heavy atom. The summed E-state index contributed by atoms with van der Waals surface area (Å²) in [5, 5.41) is 23.2. The van der Waals surface area contributed by atoms with Crippen molar-refractivity contribution in [1.82, 2.24) is 4.57 Å². The molecule has 0 N–H and O–H groups in total. The van der Waals surface area contributed by atoms with E-state index in [1.54, 1.807) is 25.1 Å². The molecule has 0 aliphatic carbocycles. The summed E-state index contributed by atoms with van der Waals surface area (Å²) in [7, 11) is 0. The fourth-order valence-electron chi connectivity index (χ4n) is 2.75. The largest absolute Gasteiger partial charge is 0.462 e. The second kappa shape index (κ2) is 7.04. The minimum atomic E-state index is -0.714. The third-order valence-corrected chi connectivity index (χ3v) is 4.12. The molecule has 0 spiro atoms. The van der Waals surface area contributed by atoms with E-state index in [1.165, 1.54) is 16.8 Å². The van der Waals surface area contributed by atoms with Crippen LogP contribution in [0.5, 0.6) is 0 Å². The first kappa shape index (κ1) is 18.3. The van der Waals surface area contributed by atoms with E-state index in [1.807, 2.05) is 0 Å². The Hall–Kier alpha value is -3.46. The van der Waals surface area contributed by atoms with Crippen molar-refractivity contribution in [1.29, 1.82) is 0 Å². The molecule has 0 fully saturated rings. The predicted molar refractivity (Wildman–Crippen MR) is 97.6 cm³/mol. The molecule has 0 amide bonds. The molecule has 2 aromatic carbocycles. The van der Waals surface area contributed by atoms with Crippen LogP contribution in [-0.2, 0) is 4.74 Å². The zero-order valence-corrected chi connectivity index (χ0v) is 14.7. The lowest BCUT2D eigenvalue weighted by Crippen LogP contribution is -2.04. The predicted octanol–water partition coefficient (Wildman–Crippen LogP) is 4.28. The number of nitrogens with zero attached hydrogens (tertiary/aromatic N) is 3. The van der Waals surface area contributed by atoms with Crippen LogP contribution in [0.3, 0.4) is 0 Å². The number of nitro benzene ring substituents is 2. The van der Waals surface area contributed by atoms with Gasteiger partial charge in [0, 0.05) is 22.7 Å². The molecule has 9 nitrogen and oxygen atoms in total. The number of hydrogen-bond donors (Lipinski definition) is 0. The van der Waals surface area contributed by atoms with Crippen molar-refractivity contribution in [3.05, 3.63) is 73.4 Å². The van der Waals surface area contributed by atoms with Crippen LogP contribution >= 0.6 is 11.6 Å². The Labute approximate surface area is 157 Å².